The number of carbonyl (C=O) groups excluding carboxylic acids is 3. The van der Waals surface area contributed by atoms with Crippen LogP contribution in [0, 0.1) is 58.2 Å². The minimum absolute atomic E-state index is 0.0534. The van der Waals surface area contributed by atoms with Crippen molar-refractivity contribution < 1.29 is 73.8 Å². The summed E-state index contributed by atoms with van der Waals surface area (Å²) in [4.78, 5) is 40.1. The largest absolute Gasteiger partial charge is 0.462 e. The van der Waals surface area contributed by atoms with Crippen LogP contribution >= 0.6 is 0 Å². The van der Waals surface area contributed by atoms with Crippen molar-refractivity contribution in [1.29, 1.82) is 0 Å². The standard InChI is InChI=1S/C41H64O15/c1-17-21(19(3)53-37(17)51)13-27(43)18(2)23-6-7-24-22-14-28(44)26-12-20(8-10-41(26,5)25(22)9-11-40(23,24)4)54-39-36(50)34(48)32(46)30(56-39)16-52-38-35(49)33(47)31(45)29(15-42)55-38/h17-26,29-36,38-39,42,45-50H,6-16H2,1-5H3. The van der Waals surface area contributed by atoms with Gasteiger partial charge in [0.15, 0.2) is 12.6 Å². The highest BCUT2D eigenvalue weighted by Crippen LogP contribution is 2.68. The number of hydrogen-bond donors (Lipinski definition) is 7. The Morgan fingerprint density at radius 2 is 1.45 bits per heavy atom. The molecule has 22 atom stereocenters. The zero-order valence-electron chi connectivity index (χ0n) is 33.2. The lowest BCUT2D eigenvalue weighted by atomic mass is 9.44. The Labute approximate surface area is 328 Å². The van der Waals surface area contributed by atoms with Crippen molar-refractivity contribution in [2.75, 3.05) is 13.2 Å². The molecule has 0 aromatic heterocycles. The Morgan fingerprint density at radius 1 is 0.821 bits per heavy atom. The number of Topliss-reactive ketones (excluding diaryl/α,β-unsaturated/α-hetero) is 2. The van der Waals surface area contributed by atoms with Gasteiger partial charge in [0.1, 0.15) is 66.5 Å². The lowest BCUT2D eigenvalue weighted by molar-refractivity contribution is -0.337. The van der Waals surface area contributed by atoms with E-state index in [9.17, 15) is 50.1 Å². The molecule has 3 aliphatic heterocycles. The van der Waals surface area contributed by atoms with Gasteiger partial charge < -0.3 is 59.4 Å². The van der Waals surface area contributed by atoms with E-state index in [2.05, 4.69) is 20.8 Å². The number of ketones is 2. The molecule has 4 aliphatic carbocycles. The molecule has 7 fully saturated rings. The molecule has 0 aromatic rings. The Kier molecular flexibility index (Phi) is 12.2. The number of cyclic esters (lactones) is 1. The van der Waals surface area contributed by atoms with E-state index in [1.165, 1.54) is 0 Å². The number of hydrogen-bond acceptors (Lipinski definition) is 15. The number of rotatable bonds is 10. The first kappa shape index (κ1) is 42.5. The van der Waals surface area contributed by atoms with Gasteiger partial charge in [0, 0.05) is 30.6 Å². The first-order valence-corrected chi connectivity index (χ1v) is 20.9. The number of ether oxygens (including phenoxy) is 5. The van der Waals surface area contributed by atoms with E-state index in [4.69, 9.17) is 23.7 Å². The van der Waals surface area contributed by atoms with Crippen molar-refractivity contribution in [3.05, 3.63) is 0 Å². The molecule has 56 heavy (non-hydrogen) atoms. The number of carbonyl (C=O) groups is 3. The summed E-state index contributed by atoms with van der Waals surface area (Å²) < 4.78 is 28.5. The van der Waals surface area contributed by atoms with E-state index in [0.29, 0.717) is 37.5 Å². The van der Waals surface area contributed by atoms with Gasteiger partial charge in [-0.05, 0) is 86.4 Å². The second kappa shape index (κ2) is 16.1. The SMILES string of the molecule is CC1OC(=O)C(C)C1CC(=O)C(C)C1CCC2C3CC(=O)C4CC(OC5OC(COC6OC(CO)C(O)C(O)C6O)C(O)C(O)C5O)CCC4(C)C3CCC12C. The Bertz CT molecular complexity index is 1460. The lowest BCUT2D eigenvalue weighted by Crippen LogP contribution is -2.62. The Morgan fingerprint density at radius 3 is 2.11 bits per heavy atom. The summed E-state index contributed by atoms with van der Waals surface area (Å²) >= 11 is 0. The molecule has 0 bridgehead atoms. The molecule has 0 amide bonds. The average molecular weight is 797 g/mol. The van der Waals surface area contributed by atoms with Gasteiger partial charge in [0.25, 0.3) is 0 Å². The molecule has 0 spiro atoms. The van der Waals surface area contributed by atoms with Crippen LogP contribution < -0.4 is 0 Å². The van der Waals surface area contributed by atoms with Crippen LogP contribution in [-0.2, 0) is 38.1 Å². The van der Waals surface area contributed by atoms with E-state index < -0.39 is 80.7 Å². The van der Waals surface area contributed by atoms with Crippen LogP contribution in [0.5, 0.6) is 0 Å². The zero-order valence-corrected chi connectivity index (χ0v) is 33.2. The van der Waals surface area contributed by atoms with E-state index in [0.717, 1.165) is 32.1 Å². The van der Waals surface area contributed by atoms with Crippen molar-refractivity contribution in [2.24, 2.45) is 58.2 Å². The minimum Gasteiger partial charge on any atom is -0.462 e. The van der Waals surface area contributed by atoms with E-state index >= 15 is 0 Å². The molecular weight excluding hydrogens is 732 g/mol. The molecular formula is C41H64O15. The van der Waals surface area contributed by atoms with Crippen LogP contribution in [0.1, 0.15) is 92.4 Å². The summed E-state index contributed by atoms with van der Waals surface area (Å²) in [5, 5.41) is 72.4. The van der Waals surface area contributed by atoms with Crippen molar-refractivity contribution in [1.82, 2.24) is 0 Å². The molecule has 4 saturated carbocycles. The monoisotopic (exact) mass is 796 g/mol. The van der Waals surface area contributed by atoms with Crippen molar-refractivity contribution in [2.45, 2.75) is 166 Å². The lowest BCUT2D eigenvalue weighted by Gasteiger charge is -2.60. The Hall–Kier alpha value is -1.63. The highest BCUT2D eigenvalue weighted by atomic mass is 16.7. The highest BCUT2D eigenvalue weighted by molar-refractivity contribution is 5.84. The van der Waals surface area contributed by atoms with Crippen LogP contribution in [0.15, 0.2) is 0 Å². The van der Waals surface area contributed by atoms with Crippen LogP contribution in [-0.4, -0.2) is 140 Å². The van der Waals surface area contributed by atoms with Gasteiger partial charge in [-0.15, -0.1) is 0 Å². The van der Waals surface area contributed by atoms with E-state index in [-0.39, 0.29) is 70.0 Å². The number of esters is 1. The molecule has 7 rings (SSSR count). The summed E-state index contributed by atoms with van der Waals surface area (Å²) in [5.74, 6) is 0.539. The smallest absolute Gasteiger partial charge is 0.309 e. The molecule has 15 nitrogen and oxygen atoms in total. The van der Waals surface area contributed by atoms with Crippen molar-refractivity contribution in [3.8, 4) is 0 Å². The number of fused-ring (bicyclic) bond motifs is 5. The average Bonchev–Trinajstić information content (AvgIpc) is 3.64. The van der Waals surface area contributed by atoms with Gasteiger partial charge in [0.2, 0.25) is 0 Å². The van der Waals surface area contributed by atoms with Crippen molar-refractivity contribution >= 4 is 17.5 Å². The quantitative estimate of drug-likeness (QED) is 0.119. The molecule has 22 unspecified atom stereocenters. The fourth-order valence-corrected chi connectivity index (χ4v) is 12.7. The maximum absolute atomic E-state index is 14.2. The van der Waals surface area contributed by atoms with Crippen molar-refractivity contribution in [3.63, 3.8) is 0 Å². The van der Waals surface area contributed by atoms with Crippen LogP contribution in [0.4, 0.5) is 0 Å². The van der Waals surface area contributed by atoms with Gasteiger partial charge in [-0.2, -0.15) is 0 Å². The third-order valence-corrected chi connectivity index (χ3v) is 16.2. The summed E-state index contributed by atoms with van der Waals surface area (Å²) in [5.41, 5.74) is -0.298. The predicted octanol–water partition coefficient (Wildman–Crippen LogP) is 0.627. The van der Waals surface area contributed by atoms with Gasteiger partial charge >= 0.3 is 5.97 Å². The fourth-order valence-electron chi connectivity index (χ4n) is 12.7. The molecule has 0 radical (unpaired) electrons. The molecule has 7 aliphatic rings. The van der Waals surface area contributed by atoms with Gasteiger partial charge in [-0.25, -0.2) is 0 Å². The third kappa shape index (κ3) is 7.22. The summed E-state index contributed by atoms with van der Waals surface area (Å²) in [7, 11) is 0. The topological polar surface area (TPSA) is 239 Å². The van der Waals surface area contributed by atoms with Crippen LogP contribution in [0.2, 0.25) is 0 Å². The number of aliphatic hydroxyl groups excluding tert-OH is 7. The van der Waals surface area contributed by atoms with Crippen LogP contribution in [0.3, 0.4) is 0 Å². The van der Waals surface area contributed by atoms with E-state index in [1.54, 1.807) is 0 Å². The summed E-state index contributed by atoms with van der Waals surface area (Å²) in [6, 6.07) is 0. The maximum atomic E-state index is 14.2. The predicted molar refractivity (Wildman–Crippen MR) is 194 cm³/mol. The van der Waals surface area contributed by atoms with Gasteiger partial charge in [-0.1, -0.05) is 27.7 Å². The first-order valence-electron chi connectivity index (χ1n) is 20.9. The normalized spacial score (nSPS) is 52.5. The van der Waals surface area contributed by atoms with Crippen LogP contribution in [0.25, 0.3) is 0 Å². The molecule has 0 aromatic carbocycles. The fraction of sp³-hybridized carbons (Fsp3) is 0.927. The zero-order chi connectivity index (χ0) is 40.6. The minimum atomic E-state index is -1.68. The molecule has 3 saturated heterocycles. The molecule has 3 heterocycles. The highest BCUT2D eigenvalue weighted by Gasteiger charge is 2.63. The second-order valence-electron chi connectivity index (χ2n) is 19.0. The maximum Gasteiger partial charge on any atom is 0.309 e. The Balaban J connectivity index is 0.969. The second-order valence-corrected chi connectivity index (χ2v) is 19.0. The van der Waals surface area contributed by atoms with E-state index in [1.807, 2.05) is 13.8 Å². The van der Waals surface area contributed by atoms with Gasteiger partial charge in [-0.3, -0.25) is 14.4 Å². The first-order chi connectivity index (χ1) is 26.4. The molecule has 7 N–H and O–H groups in total. The third-order valence-electron chi connectivity index (χ3n) is 16.2. The number of aliphatic hydroxyl groups is 7. The molecule has 318 valence electrons. The summed E-state index contributed by atoms with van der Waals surface area (Å²) in [6.07, 6.45) is -9.32. The summed E-state index contributed by atoms with van der Waals surface area (Å²) in [6.45, 7) is 9.27. The molecule has 15 heteroatoms. The van der Waals surface area contributed by atoms with Gasteiger partial charge in [0.05, 0.1) is 25.2 Å².